The predicted octanol–water partition coefficient (Wildman–Crippen LogP) is 2.07. The number of benzene rings is 1. The van der Waals surface area contributed by atoms with Gasteiger partial charge in [-0.1, -0.05) is 12.1 Å². The van der Waals surface area contributed by atoms with Crippen LogP contribution in [0.5, 0.6) is 0 Å². The molecule has 0 aliphatic rings. The van der Waals surface area contributed by atoms with E-state index < -0.39 is 11.9 Å². The van der Waals surface area contributed by atoms with Crippen molar-refractivity contribution >= 4 is 11.7 Å². The van der Waals surface area contributed by atoms with Crippen molar-refractivity contribution in [1.29, 1.82) is 0 Å². The van der Waals surface area contributed by atoms with E-state index in [1.165, 1.54) is 0 Å². The Hall–Kier alpha value is -2.36. The third kappa shape index (κ3) is 2.85. The first-order chi connectivity index (χ1) is 8.66. The fourth-order valence-corrected chi connectivity index (χ4v) is 1.83. The van der Waals surface area contributed by atoms with E-state index in [1.807, 2.05) is 12.1 Å². The van der Waals surface area contributed by atoms with Crippen molar-refractivity contribution < 1.29 is 9.90 Å². The third-order valence-electron chi connectivity index (χ3n) is 2.83. The molecule has 0 saturated carbocycles. The Bertz CT molecular complexity index is 523. The number of nitrogen functional groups attached to an aromatic ring is 1. The number of rotatable bonds is 4. The molecule has 92 valence electrons. The largest absolute Gasteiger partial charge is 0.481 e. The van der Waals surface area contributed by atoms with Gasteiger partial charge in [-0.2, -0.15) is 0 Å². The highest BCUT2D eigenvalue weighted by molar-refractivity contribution is 5.76. The molecule has 18 heavy (non-hydrogen) atoms. The number of hydrogen-bond acceptors (Lipinski definition) is 3. The number of carboxylic acid groups (broad SMARTS) is 1. The van der Waals surface area contributed by atoms with Gasteiger partial charge in [0, 0.05) is 18.1 Å². The van der Waals surface area contributed by atoms with Crippen LogP contribution in [0.25, 0.3) is 0 Å². The Balaban J connectivity index is 2.24. The summed E-state index contributed by atoms with van der Waals surface area (Å²) in [4.78, 5) is 15.3. The van der Waals surface area contributed by atoms with E-state index in [0.717, 1.165) is 11.1 Å². The normalized spacial score (nSPS) is 12.0. The van der Waals surface area contributed by atoms with Crippen LogP contribution in [0, 0.1) is 0 Å². The second kappa shape index (κ2) is 5.31. The number of hydrogen-bond donors (Lipinski definition) is 2. The molecule has 2 rings (SSSR count). The number of pyridine rings is 1. The molecule has 0 bridgehead atoms. The zero-order valence-electron chi connectivity index (χ0n) is 9.78. The molecule has 0 saturated heterocycles. The van der Waals surface area contributed by atoms with Gasteiger partial charge in [0.2, 0.25) is 0 Å². The van der Waals surface area contributed by atoms with Crippen LogP contribution < -0.4 is 5.73 Å². The third-order valence-corrected chi connectivity index (χ3v) is 2.83. The van der Waals surface area contributed by atoms with Crippen molar-refractivity contribution in [3.8, 4) is 0 Å². The molecular weight excluding hydrogens is 228 g/mol. The van der Waals surface area contributed by atoms with E-state index in [4.69, 9.17) is 5.73 Å². The maximum atomic E-state index is 11.3. The van der Waals surface area contributed by atoms with Crippen LogP contribution in [0.2, 0.25) is 0 Å². The Morgan fingerprint density at radius 1 is 1.17 bits per heavy atom. The van der Waals surface area contributed by atoms with E-state index in [-0.39, 0.29) is 0 Å². The lowest BCUT2D eigenvalue weighted by Gasteiger charge is -2.13. The number of aromatic nitrogens is 1. The van der Waals surface area contributed by atoms with Crippen LogP contribution >= 0.6 is 0 Å². The summed E-state index contributed by atoms with van der Waals surface area (Å²) < 4.78 is 0. The minimum atomic E-state index is -0.836. The topological polar surface area (TPSA) is 76.2 Å². The van der Waals surface area contributed by atoms with E-state index in [9.17, 15) is 9.90 Å². The van der Waals surface area contributed by atoms with Gasteiger partial charge in [-0.3, -0.25) is 9.78 Å². The molecule has 2 aromatic rings. The van der Waals surface area contributed by atoms with Gasteiger partial charge in [-0.15, -0.1) is 0 Å². The van der Waals surface area contributed by atoms with Gasteiger partial charge in [-0.05, 0) is 41.8 Å². The fourth-order valence-electron chi connectivity index (χ4n) is 1.83. The first-order valence-corrected chi connectivity index (χ1v) is 5.64. The average Bonchev–Trinajstić information content (AvgIpc) is 2.38. The highest BCUT2D eigenvalue weighted by Gasteiger charge is 2.20. The van der Waals surface area contributed by atoms with E-state index in [0.29, 0.717) is 12.1 Å². The van der Waals surface area contributed by atoms with Crippen molar-refractivity contribution in [2.45, 2.75) is 12.3 Å². The summed E-state index contributed by atoms with van der Waals surface area (Å²) in [7, 11) is 0. The quantitative estimate of drug-likeness (QED) is 0.805. The van der Waals surface area contributed by atoms with Crippen LogP contribution in [-0.2, 0) is 11.2 Å². The maximum absolute atomic E-state index is 11.3. The first-order valence-electron chi connectivity index (χ1n) is 5.64. The van der Waals surface area contributed by atoms with Crippen LogP contribution in [0.4, 0.5) is 5.69 Å². The van der Waals surface area contributed by atoms with Crippen molar-refractivity contribution in [1.82, 2.24) is 4.98 Å². The lowest BCUT2D eigenvalue weighted by Crippen LogP contribution is -2.14. The van der Waals surface area contributed by atoms with Crippen molar-refractivity contribution in [3.63, 3.8) is 0 Å². The summed E-state index contributed by atoms with van der Waals surface area (Å²) >= 11 is 0. The van der Waals surface area contributed by atoms with E-state index >= 15 is 0 Å². The zero-order valence-corrected chi connectivity index (χ0v) is 9.78. The summed E-state index contributed by atoms with van der Waals surface area (Å²) in [6.07, 6.45) is 3.77. The van der Waals surface area contributed by atoms with Gasteiger partial charge >= 0.3 is 5.97 Å². The average molecular weight is 242 g/mol. The second-order valence-corrected chi connectivity index (χ2v) is 4.12. The first kappa shape index (κ1) is 12.1. The summed E-state index contributed by atoms with van der Waals surface area (Å²) in [6, 6.07) is 10.6. The highest BCUT2D eigenvalue weighted by Crippen LogP contribution is 2.22. The molecule has 0 unspecified atom stereocenters. The molecule has 0 fully saturated rings. The molecule has 0 radical (unpaired) electrons. The molecule has 0 aliphatic heterocycles. The minimum absolute atomic E-state index is 0.446. The summed E-state index contributed by atoms with van der Waals surface area (Å²) in [5.41, 5.74) is 7.94. The number of anilines is 1. The van der Waals surface area contributed by atoms with Crippen molar-refractivity contribution in [2.24, 2.45) is 0 Å². The monoisotopic (exact) mass is 242 g/mol. The molecule has 0 amide bonds. The predicted molar refractivity (Wildman–Crippen MR) is 69.2 cm³/mol. The van der Waals surface area contributed by atoms with Gasteiger partial charge in [0.05, 0.1) is 5.92 Å². The molecule has 1 atom stereocenters. The second-order valence-electron chi connectivity index (χ2n) is 4.12. The molecule has 4 nitrogen and oxygen atoms in total. The van der Waals surface area contributed by atoms with Crippen LogP contribution in [0.15, 0.2) is 48.8 Å². The Morgan fingerprint density at radius 3 is 2.33 bits per heavy atom. The van der Waals surface area contributed by atoms with E-state index in [1.54, 1.807) is 36.7 Å². The zero-order chi connectivity index (χ0) is 13.0. The Morgan fingerprint density at radius 2 is 1.78 bits per heavy atom. The maximum Gasteiger partial charge on any atom is 0.311 e. The molecule has 0 aliphatic carbocycles. The Kier molecular flexibility index (Phi) is 3.57. The minimum Gasteiger partial charge on any atom is -0.481 e. The smallest absolute Gasteiger partial charge is 0.311 e. The number of carboxylic acids is 1. The molecule has 1 heterocycles. The lowest BCUT2D eigenvalue weighted by molar-refractivity contribution is -0.138. The van der Waals surface area contributed by atoms with Gasteiger partial charge in [0.1, 0.15) is 0 Å². The van der Waals surface area contributed by atoms with Crippen LogP contribution in [0.3, 0.4) is 0 Å². The lowest BCUT2D eigenvalue weighted by atomic mass is 9.92. The summed E-state index contributed by atoms with van der Waals surface area (Å²) in [6.45, 7) is 0. The summed E-state index contributed by atoms with van der Waals surface area (Å²) in [5, 5.41) is 9.31. The van der Waals surface area contributed by atoms with Crippen molar-refractivity contribution in [2.75, 3.05) is 5.73 Å². The molecule has 3 N–H and O–H groups in total. The number of carbonyl (C=O) groups is 1. The summed E-state index contributed by atoms with van der Waals surface area (Å²) in [5.74, 6) is -1.40. The molecule has 4 heteroatoms. The molecule has 1 aromatic heterocycles. The molecular formula is C14H14N2O2. The number of nitrogens with two attached hydrogens (primary N) is 1. The fraction of sp³-hybridized carbons (Fsp3) is 0.143. The van der Waals surface area contributed by atoms with Gasteiger partial charge in [-0.25, -0.2) is 0 Å². The number of aliphatic carboxylic acids is 1. The Labute approximate surface area is 105 Å². The molecule has 0 spiro atoms. The standard InChI is InChI=1S/C14H14N2O2/c15-12-3-1-11(2-4-12)13(14(17)18)9-10-5-7-16-8-6-10/h1-8,13H,9,15H2,(H,17,18)/t13-/m0/s1. The number of nitrogens with zero attached hydrogens (tertiary/aromatic N) is 1. The van der Waals surface area contributed by atoms with Gasteiger partial charge < -0.3 is 10.8 Å². The van der Waals surface area contributed by atoms with Crippen LogP contribution in [-0.4, -0.2) is 16.1 Å². The van der Waals surface area contributed by atoms with Gasteiger partial charge in [0.25, 0.3) is 0 Å². The van der Waals surface area contributed by atoms with Gasteiger partial charge in [0.15, 0.2) is 0 Å². The van der Waals surface area contributed by atoms with Crippen LogP contribution in [0.1, 0.15) is 17.0 Å². The van der Waals surface area contributed by atoms with E-state index in [2.05, 4.69) is 4.98 Å². The SMILES string of the molecule is Nc1ccc([C@H](Cc2ccncc2)C(=O)O)cc1. The van der Waals surface area contributed by atoms with Crippen molar-refractivity contribution in [3.05, 3.63) is 59.9 Å². The molecule has 1 aromatic carbocycles. The highest BCUT2D eigenvalue weighted by atomic mass is 16.4.